The van der Waals surface area contributed by atoms with Crippen molar-refractivity contribution in [2.75, 3.05) is 20.1 Å². The molecule has 2 rings (SSSR count). The van der Waals surface area contributed by atoms with Crippen molar-refractivity contribution in [3.05, 3.63) is 65.5 Å². The monoisotopic (exact) mass is 283 g/mol. The van der Waals surface area contributed by atoms with Crippen LogP contribution in [0.5, 0.6) is 0 Å². The van der Waals surface area contributed by atoms with E-state index in [1.807, 2.05) is 18.3 Å². The Morgan fingerprint density at radius 2 is 1.81 bits per heavy atom. The number of hydrogen-bond donors (Lipinski definition) is 1. The Kier molecular flexibility index (Phi) is 6.38. The van der Waals surface area contributed by atoms with Crippen molar-refractivity contribution in [3.63, 3.8) is 0 Å². The summed E-state index contributed by atoms with van der Waals surface area (Å²) in [5.41, 5.74) is 3.95. The number of pyridine rings is 1. The van der Waals surface area contributed by atoms with E-state index in [2.05, 4.69) is 59.5 Å². The van der Waals surface area contributed by atoms with E-state index < -0.39 is 0 Å². The molecule has 0 unspecified atom stereocenters. The zero-order valence-electron chi connectivity index (χ0n) is 13.0. The standard InChI is InChI=1S/C18H25N3/c1-3-19-14-16-8-4-5-9-17(16)15-21(2)13-11-18-10-6-7-12-20-18/h4-10,12,19H,3,11,13-15H2,1-2H3. The first-order chi connectivity index (χ1) is 10.3. The second-order valence-corrected chi connectivity index (χ2v) is 5.36. The number of aromatic nitrogens is 1. The Bertz CT molecular complexity index is 525. The number of hydrogen-bond acceptors (Lipinski definition) is 3. The average Bonchev–Trinajstić information content (AvgIpc) is 2.53. The van der Waals surface area contributed by atoms with Crippen molar-refractivity contribution < 1.29 is 0 Å². The molecule has 0 spiro atoms. The van der Waals surface area contributed by atoms with Crippen molar-refractivity contribution in [2.24, 2.45) is 0 Å². The number of rotatable bonds is 8. The first-order valence-electron chi connectivity index (χ1n) is 7.65. The van der Waals surface area contributed by atoms with Crippen LogP contribution in [-0.4, -0.2) is 30.0 Å². The third-order valence-corrected chi connectivity index (χ3v) is 3.60. The van der Waals surface area contributed by atoms with Gasteiger partial charge in [-0.15, -0.1) is 0 Å². The Labute approximate surface area is 128 Å². The van der Waals surface area contributed by atoms with E-state index in [0.29, 0.717) is 0 Å². The summed E-state index contributed by atoms with van der Waals surface area (Å²) in [6, 6.07) is 14.8. The van der Waals surface area contributed by atoms with Gasteiger partial charge >= 0.3 is 0 Å². The highest BCUT2D eigenvalue weighted by Crippen LogP contribution is 2.11. The maximum atomic E-state index is 4.38. The van der Waals surface area contributed by atoms with Gasteiger partial charge < -0.3 is 10.2 Å². The zero-order chi connectivity index (χ0) is 14.9. The van der Waals surface area contributed by atoms with Gasteiger partial charge in [0.25, 0.3) is 0 Å². The molecule has 0 amide bonds. The predicted octanol–water partition coefficient (Wildman–Crippen LogP) is 2.87. The van der Waals surface area contributed by atoms with Crippen LogP contribution in [0.2, 0.25) is 0 Å². The smallest absolute Gasteiger partial charge is 0.0416 e. The lowest BCUT2D eigenvalue weighted by Gasteiger charge is -2.19. The van der Waals surface area contributed by atoms with Crippen LogP contribution in [0.1, 0.15) is 23.7 Å². The minimum Gasteiger partial charge on any atom is -0.313 e. The molecular weight excluding hydrogens is 258 g/mol. The van der Waals surface area contributed by atoms with Crippen molar-refractivity contribution in [1.29, 1.82) is 0 Å². The van der Waals surface area contributed by atoms with Crippen molar-refractivity contribution in [3.8, 4) is 0 Å². The highest BCUT2D eigenvalue weighted by molar-refractivity contribution is 5.27. The fourth-order valence-electron chi connectivity index (χ4n) is 2.37. The molecule has 0 fully saturated rings. The molecule has 1 aromatic heterocycles. The second-order valence-electron chi connectivity index (χ2n) is 5.36. The van der Waals surface area contributed by atoms with Crippen LogP contribution in [-0.2, 0) is 19.5 Å². The van der Waals surface area contributed by atoms with E-state index >= 15 is 0 Å². The predicted molar refractivity (Wildman–Crippen MR) is 88.1 cm³/mol. The summed E-state index contributed by atoms with van der Waals surface area (Å²) in [6.07, 6.45) is 2.85. The average molecular weight is 283 g/mol. The third kappa shape index (κ3) is 5.29. The summed E-state index contributed by atoms with van der Waals surface area (Å²) in [5, 5.41) is 3.41. The van der Waals surface area contributed by atoms with Crippen molar-refractivity contribution in [1.82, 2.24) is 15.2 Å². The van der Waals surface area contributed by atoms with Gasteiger partial charge in [-0.05, 0) is 36.9 Å². The first kappa shape index (κ1) is 15.7. The summed E-state index contributed by atoms with van der Waals surface area (Å²) in [6.45, 7) is 6.09. The summed E-state index contributed by atoms with van der Waals surface area (Å²) in [7, 11) is 2.17. The molecule has 0 bridgehead atoms. The molecule has 0 saturated heterocycles. The zero-order valence-corrected chi connectivity index (χ0v) is 13.0. The number of benzene rings is 1. The van der Waals surface area contributed by atoms with Crippen LogP contribution in [0, 0.1) is 0 Å². The van der Waals surface area contributed by atoms with Crippen molar-refractivity contribution >= 4 is 0 Å². The van der Waals surface area contributed by atoms with Gasteiger partial charge in [0.15, 0.2) is 0 Å². The van der Waals surface area contributed by atoms with Gasteiger partial charge in [0.05, 0.1) is 0 Å². The quantitative estimate of drug-likeness (QED) is 0.807. The van der Waals surface area contributed by atoms with E-state index in [1.54, 1.807) is 0 Å². The molecule has 0 atom stereocenters. The molecule has 112 valence electrons. The molecule has 0 aliphatic rings. The molecule has 0 radical (unpaired) electrons. The first-order valence-corrected chi connectivity index (χ1v) is 7.65. The van der Waals surface area contributed by atoms with Gasteiger partial charge in [-0.1, -0.05) is 37.3 Å². The summed E-state index contributed by atoms with van der Waals surface area (Å²) < 4.78 is 0. The van der Waals surface area contributed by atoms with Gasteiger partial charge in [0.1, 0.15) is 0 Å². The summed E-state index contributed by atoms with van der Waals surface area (Å²) in [4.78, 5) is 6.74. The van der Waals surface area contributed by atoms with Gasteiger partial charge in [-0.3, -0.25) is 4.98 Å². The summed E-state index contributed by atoms with van der Waals surface area (Å²) in [5.74, 6) is 0. The maximum absolute atomic E-state index is 4.38. The minimum atomic E-state index is 0.945. The topological polar surface area (TPSA) is 28.2 Å². The number of nitrogens with zero attached hydrogens (tertiary/aromatic N) is 2. The minimum absolute atomic E-state index is 0.945. The number of nitrogens with one attached hydrogen (secondary N) is 1. The van der Waals surface area contributed by atoms with E-state index in [9.17, 15) is 0 Å². The SMILES string of the molecule is CCNCc1ccccc1CN(C)CCc1ccccn1. The Morgan fingerprint density at radius 1 is 1.05 bits per heavy atom. The third-order valence-electron chi connectivity index (χ3n) is 3.60. The van der Waals surface area contributed by atoms with Gasteiger partial charge in [0.2, 0.25) is 0 Å². The lowest BCUT2D eigenvalue weighted by Crippen LogP contribution is -2.22. The second kappa shape index (κ2) is 8.55. The van der Waals surface area contributed by atoms with Gasteiger partial charge in [-0.2, -0.15) is 0 Å². The highest BCUT2D eigenvalue weighted by atomic mass is 15.1. The molecule has 3 heteroatoms. The highest BCUT2D eigenvalue weighted by Gasteiger charge is 2.05. The fourth-order valence-corrected chi connectivity index (χ4v) is 2.37. The fraction of sp³-hybridized carbons (Fsp3) is 0.389. The molecule has 1 aromatic carbocycles. The molecule has 2 aromatic rings. The van der Waals surface area contributed by atoms with Crippen LogP contribution in [0.15, 0.2) is 48.7 Å². The number of likely N-dealkylation sites (N-methyl/N-ethyl adjacent to an activating group) is 1. The molecule has 1 heterocycles. The van der Waals surface area contributed by atoms with Crippen LogP contribution >= 0.6 is 0 Å². The van der Waals surface area contributed by atoms with E-state index in [4.69, 9.17) is 0 Å². The van der Waals surface area contributed by atoms with E-state index in [0.717, 1.165) is 38.3 Å². The molecular formula is C18H25N3. The van der Waals surface area contributed by atoms with Gasteiger partial charge in [-0.25, -0.2) is 0 Å². The molecule has 0 saturated carbocycles. The van der Waals surface area contributed by atoms with E-state index in [1.165, 1.54) is 11.1 Å². The molecule has 3 nitrogen and oxygen atoms in total. The Hall–Kier alpha value is -1.71. The Morgan fingerprint density at radius 3 is 2.52 bits per heavy atom. The lowest BCUT2D eigenvalue weighted by molar-refractivity contribution is 0.328. The normalized spacial score (nSPS) is 11.0. The largest absolute Gasteiger partial charge is 0.313 e. The molecule has 0 aliphatic heterocycles. The molecule has 1 N–H and O–H groups in total. The Balaban J connectivity index is 1.88. The molecule has 0 aliphatic carbocycles. The lowest BCUT2D eigenvalue weighted by atomic mass is 10.1. The molecule has 21 heavy (non-hydrogen) atoms. The van der Waals surface area contributed by atoms with Crippen LogP contribution in [0.3, 0.4) is 0 Å². The van der Waals surface area contributed by atoms with E-state index in [-0.39, 0.29) is 0 Å². The summed E-state index contributed by atoms with van der Waals surface area (Å²) >= 11 is 0. The van der Waals surface area contributed by atoms with Crippen LogP contribution < -0.4 is 5.32 Å². The van der Waals surface area contributed by atoms with Crippen LogP contribution in [0.25, 0.3) is 0 Å². The van der Waals surface area contributed by atoms with Gasteiger partial charge in [0, 0.05) is 37.9 Å². The van der Waals surface area contributed by atoms with Crippen LogP contribution in [0.4, 0.5) is 0 Å². The maximum Gasteiger partial charge on any atom is 0.0416 e. The van der Waals surface area contributed by atoms with Crippen molar-refractivity contribution in [2.45, 2.75) is 26.4 Å².